The Labute approximate surface area is 201 Å². The van der Waals surface area contributed by atoms with Crippen LogP contribution in [0.1, 0.15) is 31.4 Å². The summed E-state index contributed by atoms with van der Waals surface area (Å²) in [7, 11) is 3.61. The van der Waals surface area contributed by atoms with Crippen molar-refractivity contribution >= 4 is 34.7 Å². The summed E-state index contributed by atoms with van der Waals surface area (Å²) in [5, 5.41) is 10.6. The minimum absolute atomic E-state index is 0.157. The average Bonchev–Trinajstić information content (AvgIpc) is 2.86. The van der Waals surface area contributed by atoms with Gasteiger partial charge in [-0.15, -0.1) is 0 Å². The van der Waals surface area contributed by atoms with Crippen molar-refractivity contribution in [1.29, 1.82) is 0 Å². The number of fused-ring (bicyclic) bond motifs is 2. The molecule has 3 heterocycles. The molecule has 0 bridgehead atoms. The van der Waals surface area contributed by atoms with Gasteiger partial charge in [0.15, 0.2) is 0 Å². The maximum Gasteiger partial charge on any atom is 0.219 e. The van der Waals surface area contributed by atoms with Crippen molar-refractivity contribution in [2.24, 2.45) is 0 Å². The third kappa shape index (κ3) is 3.88. The molecule has 1 N–H and O–H groups in total. The molecule has 1 fully saturated rings. The molecule has 2 aromatic rings. The average molecular weight is 463 g/mol. The van der Waals surface area contributed by atoms with Crippen LogP contribution in [-0.2, 0) is 11.2 Å². The number of piperazine rings is 1. The van der Waals surface area contributed by atoms with Crippen LogP contribution < -0.4 is 19.4 Å². The molecule has 0 spiro atoms. The van der Waals surface area contributed by atoms with Crippen LogP contribution in [0, 0.1) is 0 Å². The molecule has 1 saturated heterocycles. The van der Waals surface area contributed by atoms with Crippen molar-refractivity contribution in [2.75, 3.05) is 61.6 Å². The first-order valence-electron chi connectivity index (χ1n) is 12.1. The largest absolute Gasteiger partial charge is 0.497 e. The van der Waals surface area contributed by atoms with Crippen LogP contribution >= 0.6 is 0 Å². The lowest BCUT2D eigenvalue weighted by atomic mass is 9.95. The predicted molar refractivity (Wildman–Crippen MR) is 137 cm³/mol. The molecule has 3 aliphatic rings. The lowest BCUT2D eigenvalue weighted by molar-refractivity contribution is -0.129. The molecule has 7 heteroatoms. The van der Waals surface area contributed by atoms with E-state index in [4.69, 9.17) is 4.74 Å². The van der Waals surface area contributed by atoms with Crippen LogP contribution in [0.5, 0.6) is 5.75 Å². The number of anilines is 4. The fourth-order valence-corrected chi connectivity index (χ4v) is 5.43. The van der Waals surface area contributed by atoms with Gasteiger partial charge in [0, 0.05) is 75.8 Å². The Balaban J connectivity index is 1.50. The van der Waals surface area contributed by atoms with Gasteiger partial charge in [0.05, 0.1) is 18.5 Å². The molecule has 7 nitrogen and oxygen atoms in total. The normalized spacial score (nSPS) is 20.0. The van der Waals surface area contributed by atoms with E-state index in [-0.39, 0.29) is 5.91 Å². The molecule has 0 aromatic heterocycles. The Hall–Kier alpha value is -3.19. The summed E-state index contributed by atoms with van der Waals surface area (Å²) in [5.41, 5.74) is 7.93. The van der Waals surface area contributed by atoms with Gasteiger partial charge in [0.2, 0.25) is 5.91 Å². The van der Waals surface area contributed by atoms with Crippen molar-refractivity contribution in [3.05, 3.63) is 47.0 Å². The molecule has 0 saturated carbocycles. The maximum atomic E-state index is 11.7. The number of hydrogen-bond donors (Lipinski definition) is 1. The zero-order chi connectivity index (χ0) is 24.0. The van der Waals surface area contributed by atoms with Crippen LogP contribution in [0.3, 0.4) is 0 Å². The number of rotatable bonds is 3. The van der Waals surface area contributed by atoms with Crippen molar-refractivity contribution in [1.82, 2.24) is 4.90 Å². The van der Waals surface area contributed by atoms with Gasteiger partial charge in [-0.05, 0) is 55.2 Å². The molecular weight excluding hydrogens is 428 g/mol. The summed E-state index contributed by atoms with van der Waals surface area (Å²) >= 11 is 0. The van der Waals surface area contributed by atoms with Crippen LogP contribution in [-0.4, -0.2) is 69.0 Å². The summed E-state index contributed by atoms with van der Waals surface area (Å²) < 4.78 is 5.64. The van der Waals surface area contributed by atoms with Gasteiger partial charge in [0.25, 0.3) is 0 Å². The third-order valence-electron chi connectivity index (χ3n) is 7.43. The summed E-state index contributed by atoms with van der Waals surface area (Å²) in [5.74, 6) is 0.942. The zero-order valence-corrected chi connectivity index (χ0v) is 20.5. The van der Waals surface area contributed by atoms with Gasteiger partial charge in [-0.1, -0.05) is 0 Å². The quantitative estimate of drug-likeness (QED) is 0.752. The number of carbonyl (C=O) groups is 1. The number of nitrogens with zero attached hydrogens (tertiary/aromatic N) is 4. The molecule has 1 atom stereocenters. The molecule has 0 radical (unpaired) electrons. The number of aliphatic hydroxyl groups is 1. The number of likely N-dealkylation sites (N-methyl/N-ethyl adjacent to an activating group) is 1. The molecule has 5 rings (SSSR count). The van der Waals surface area contributed by atoms with E-state index in [1.54, 1.807) is 14.0 Å². The van der Waals surface area contributed by atoms with Gasteiger partial charge in [-0.25, -0.2) is 0 Å². The maximum absolute atomic E-state index is 11.7. The molecule has 0 aliphatic carbocycles. The van der Waals surface area contributed by atoms with Gasteiger partial charge < -0.3 is 29.4 Å². The first kappa shape index (κ1) is 22.6. The molecule has 3 aliphatic heterocycles. The second kappa shape index (κ2) is 8.87. The number of aryl methyl sites for hydroxylation is 1. The Bertz CT molecular complexity index is 1140. The van der Waals surface area contributed by atoms with E-state index in [9.17, 15) is 9.90 Å². The second-order valence-electron chi connectivity index (χ2n) is 9.51. The van der Waals surface area contributed by atoms with Crippen LogP contribution in [0.15, 0.2) is 35.9 Å². The van der Waals surface area contributed by atoms with E-state index in [0.717, 1.165) is 73.8 Å². The number of methoxy groups -OCH3 is 1. The molecule has 1 unspecified atom stereocenters. The highest BCUT2D eigenvalue weighted by atomic mass is 16.5. The number of aliphatic hydroxyl groups excluding tert-OH is 1. The first-order valence-corrected chi connectivity index (χ1v) is 12.1. The molecular formula is C27H34N4O3. The van der Waals surface area contributed by atoms with E-state index in [1.807, 2.05) is 29.8 Å². The number of carbonyl (C=O) groups excluding carboxylic acids is 1. The third-order valence-corrected chi connectivity index (χ3v) is 7.43. The molecule has 2 aromatic carbocycles. The fraction of sp³-hybridized carbons (Fsp3) is 0.444. The minimum Gasteiger partial charge on any atom is -0.497 e. The fourth-order valence-electron chi connectivity index (χ4n) is 5.43. The Morgan fingerprint density at radius 2 is 1.76 bits per heavy atom. The smallest absolute Gasteiger partial charge is 0.219 e. The number of amides is 1. The predicted octanol–water partition coefficient (Wildman–Crippen LogP) is 3.62. The highest BCUT2D eigenvalue weighted by Gasteiger charge is 2.29. The molecule has 1 amide bonds. The monoisotopic (exact) mass is 462 g/mol. The summed E-state index contributed by atoms with van der Waals surface area (Å²) in [6.07, 6.45) is 3.59. The van der Waals surface area contributed by atoms with Crippen LogP contribution in [0.25, 0.3) is 6.08 Å². The topological polar surface area (TPSA) is 59.5 Å². The van der Waals surface area contributed by atoms with E-state index < -0.39 is 6.23 Å². The van der Waals surface area contributed by atoms with E-state index >= 15 is 0 Å². The minimum atomic E-state index is -0.632. The van der Waals surface area contributed by atoms with Gasteiger partial charge in [0.1, 0.15) is 12.0 Å². The highest BCUT2D eigenvalue weighted by molar-refractivity contribution is 5.88. The van der Waals surface area contributed by atoms with E-state index in [0.29, 0.717) is 0 Å². The molecule has 180 valence electrons. The van der Waals surface area contributed by atoms with Gasteiger partial charge >= 0.3 is 0 Å². The van der Waals surface area contributed by atoms with Crippen LogP contribution in [0.4, 0.5) is 22.7 Å². The Kier molecular flexibility index (Phi) is 5.90. The van der Waals surface area contributed by atoms with Crippen molar-refractivity contribution in [3.8, 4) is 5.75 Å². The van der Waals surface area contributed by atoms with Gasteiger partial charge in [-0.2, -0.15) is 0 Å². The Morgan fingerprint density at radius 1 is 1.03 bits per heavy atom. The lowest BCUT2D eigenvalue weighted by Crippen LogP contribution is -2.48. The Morgan fingerprint density at radius 3 is 2.47 bits per heavy atom. The van der Waals surface area contributed by atoms with Crippen molar-refractivity contribution in [2.45, 2.75) is 32.9 Å². The van der Waals surface area contributed by atoms with E-state index in [2.05, 4.69) is 40.1 Å². The van der Waals surface area contributed by atoms with E-state index in [1.165, 1.54) is 16.9 Å². The highest BCUT2D eigenvalue weighted by Crippen LogP contribution is 2.45. The van der Waals surface area contributed by atoms with Crippen molar-refractivity contribution in [3.63, 3.8) is 0 Å². The van der Waals surface area contributed by atoms with Crippen molar-refractivity contribution < 1.29 is 14.6 Å². The lowest BCUT2D eigenvalue weighted by Gasteiger charge is -2.39. The number of hydrogen-bond acceptors (Lipinski definition) is 6. The summed E-state index contributed by atoms with van der Waals surface area (Å²) in [4.78, 5) is 20.3. The van der Waals surface area contributed by atoms with Gasteiger partial charge in [-0.3, -0.25) is 4.79 Å². The molecule has 34 heavy (non-hydrogen) atoms. The standard InChI is InChI=1S/C27H34N4O3/c1-18-14-23-25(28(3)27(18)33)16-22(34-4)17-26(23)31-9-5-6-20-15-21(7-8-24(20)31)30-12-10-29(11-13-30)19(2)32/h7-8,14-17,27,33H,5-6,9-13H2,1-4H3. The first-order chi connectivity index (χ1) is 16.4. The summed E-state index contributed by atoms with van der Waals surface area (Å²) in [6.45, 7) is 7.84. The number of benzene rings is 2. The number of ether oxygens (including phenoxy) is 1. The van der Waals surface area contributed by atoms with Crippen LogP contribution in [0.2, 0.25) is 0 Å². The zero-order valence-electron chi connectivity index (χ0n) is 20.5. The second-order valence-corrected chi connectivity index (χ2v) is 9.51. The summed E-state index contributed by atoms with van der Waals surface area (Å²) in [6, 6.07) is 10.9. The SMILES string of the molecule is COc1cc(N2CCCc3cc(N4CCN(C(C)=O)CC4)ccc32)c2c(c1)N(C)C(O)C(C)=C2.